The number of benzene rings is 1. The highest BCUT2D eigenvalue weighted by Crippen LogP contribution is 2.32. The van der Waals surface area contributed by atoms with Crippen molar-refractivity contribution in [2.24, 2.45) is 11.0 Å². The van der Waals surface area contributed by atoms with E-state index in [9.17, 15) is 13.2 Å². The van der Waals surface area contributed by atoms with Crippen molar-refractivity contribution in [3.63, 3.8) is 0 Å². The fourth-order valence-corrected chi connectivity index (χ4v) is 2.52. The lowest BCUT2D eigenvalue weighted by Crippen LogP contribution is -2.30. The highest BCUT2D eigenvalue weighted by Gasteiger charge is 2.30. The summed E-state index contributed by atoms with van der Waals surface area (Å²) in [5.74, 6) is -3.95. The van der Waals surface area contributed by atoms with Crippen LogP contribution in [0.5, 0.6) is 5.75 Å². The molecule has 0 aromatic heterocycles. The number of aliphatic hydroxyl groups excluding tert-OH is 1. The molecule has 122 valence electrons. The van der Waals surface area contributed by atoms with Gasteiger partial charge in [0, 0.05) is 18.0 Å². The van der Waals surface area contributed by atoms with Crippen LogP contribution < -0.4 is 10.2 Å². The molecule has 22 heavy (non-hydrogen) atoms. The van der Waals surface area contributed by atoms with Crippen molar-refractivity contribution >= 4 is 21.6 Å². The van der Waals surface area contributed by atoms with Gasteiger partial charge in [0.15, 0.2) is 6.61 Å². The lowest BCUT2D eigenvalue weighted by atomic mass is 9.94. The summed E-state index contributed by atoms with van der Waals surface area (Å²) in [6.07, 6.45) is 0.830. The highest BCUT2D eigenvalue weighted by molar-refractivity contribution is 9.10. The van der Waals surface area contributed by atoms with Crippen molar-refractivity contribution in [2.45, 2.75) is 19.3 Å². The first-order valence-electron chi connectivity index (χ1n) is 6.76. The number of halogens is 4. The summed E-state index contributed by atoms with van der Waals surface area (Å²) in [6.45, 7) is 0.315. The number of hydrogen-bond donors (Lipinski definition) is 2. The number of nitrogens with zero attached hydrogens (tertiary/aromatic N) is 1. The predicted molar refractivity (Wildman–Crippen MR) is 79.9 cm³/mol. The second-order valence-corrected chi connectivity index (χ2v) is 5.93. The minimum Gasteiger partial charge on any atom is -0.486 e. The molecule has 8 heteroatoms. The van der Waals surface area contributed by atoms with Crippen LogP contribution in [0, 0.1) is 11.7 Å². The Kier molecular flexibility index (Phi) is 5.33. The minimum absolute atomic E-state index is 0.0424. The molecule has 1 aromatic carbocycles. The minimum atomic E-state index is -3.37. The lowest BCUT2D eigenvalue weighted by Gasteiger charge is -2.21. The molecule has 2 N–H and O–H groups in total. The third-order valence-corrected chi connectivity index (χ3v) is 4.09. The van der Waals surface area contributed by atoms with Crippen LogP contribution in [0.1, 0.15) is 18.9 Å². The average Bonchev–Trinajstić information content (AvgIpc) is 2.50. The van der Waals surface area contributed by atoms with Gasteiger partial charge in [0.05, 0.1) is 10.2 Å². The molecule has 0 radical (unpaired) electrons. The number of rotatable bonds is 5. The molecule has 0 saturated heterocycles. The highest BCUT2D eigenvalue weighted by atomic mass is 79.9. The first-order valence-corrected chi connectivity index (χ1v) is 7.55. The van der Waals surface area contributed by atoms with Crippen LogP contribution in [0.2, 0.25) is 0 Å². The molecule has 1 aromatic rings. The molecule has 1 unspecified atom stereocenters. The smallest absolute Gasteiger partial charge is 0.303 e. The SMILES string of the molecule is CC1CCNN=C1c1ccc(OCC(F)(F)CO)c(Br)c1F. The van der Waals surface area contributed by atoms with Crippen molar-refractivity contribution in [1.82, 2.24) is 5.43 Å². The number of nitrogens with one attached hydrogen (secondary N) is 1. The Morgan fingerprint density at radius 3 is 2.86 bits per heavy atom. The van der Waals surface area contributed by atoms with Gasteiger partial charge in [0.25, 0.3) is 0 Å². The lowest BCUT2D eigenvalue weighted by molar-refractivity contribution is -0.0802. The quantitative estimate of drug-likeness (QED) is 0.825. The molecule has 1 atom stereocenters. The van der Waals surface area contributed by atoms with Crippen molar-refractivity contribution in [3.05, 3.63) is 28.0 Å². The van der Waals surface area contributed by atoms with E-state index in [0.717, 1.165) is 13.0 Å². The van der Waals surface area contributed by atoms with Crippen LogP contribution in [0.3, 0.4) is 0 Å². The molecule has 0 spiro atoms. The van der Waals surface area contributed by atoms with E-state index in [2.05, 4.69) is 26.5 Å². The summed E-state index contributed by atoms with van der Waals surface area (Å²) in [5, 5.41) is 12.6. The first kappa shape index (κ1) is 17.1. The number of alkyl halides is 2. The topological polar surface area (TPSA) is 53.9 Å². The van der Waals surface area contributed by atoms with E-state index in [1.807, 2.05) is 6.92 Å². The van der Waals surface area contributed by atoms with Gasteiger partial charge >= 0.3 is 5.92 Å². The zero-order valence-corrected chi connectivity index (χ0v) is 13.5. The van der Waals surface area contributed by atoms with Crippen molar-refractivity contribution in [2.75, 3.05) is 19.8 Å². The summed E-state index contributed by atoms with van der Waals surface area (Å²) in [5.41, 5.74) is 3.70. The van der Waals surface area contributed by atoms with Crippen LogP contribution in [0.25, 0.3) is 0 Å². The van der Waals surface area contributed by atoms with Crippen molar-refractivity contribution < 1.29 is 23.0 Å². The van der Waals surface area contributed by atoms with Gasteiger partial charge in [-0.3, -0.25) is 0 Å². The first-order chi connectivity index (χ1) is 10.4. The van der Waals surface area contributed by atoms with Crippen LogP contribution in [0.4, 0.5) is 13.2 Å². The average molecular weight is 381 g/mol. The Morgan fingerprint density at radius 2 is 2.23 bits per heavy atom. The fraction of sp³-hybridized carbons (Fsp3) is 0.500. The van der Waals surface area contributed by atoms with Gasteiger partial charge < -0.3 is 15.3 Å². The van der Waals surface area contributed by atoms with Crippen molar-refractivity contribution in [1.29, 1.82) is 0 Å². The van der Waals surface area contributed by atoms with E-state index in [1.54, 1.807) is 0 Å². The van der Waals surface area contributed by atoms with E-state index >= 15 is 0 Å². The Hall–Kier alpha value is -1.28. The maximum Gasteiger partial charge on any atom is 0.303 e. The van der Waals surface area contributed by atoms with Gasteiger partial charge in [0.1, 0.15) is 18.2 Å². The summed E-state index contributed by atoms with van der Waals surface area (Å²) < 4.78 is 45.3. The molecule has 1 aliphatic heterocycles. The largest absolute Gasteiger partial charge is 0.486 e. The molecular weight excluding hydrogens is 365 g/mol. The number of hydrogen-bond acceptors (Lipinski definition) is 4. The summed E-state index contributed by atoms with van der Waals surface area (Å²) >= 11 is 3.02. The predicted octanol–water partition coefficient (Wildman–Crippen LogP) is 2.93. The van der Waals surface area contributed by atoms with Crippen molar-refractivity contribution in [3.8, 4) is 5.75 Å². The monoisotopic (exact) mass is 380 g/mol. The maximum atomic E-state index is 14.4. The summed E-state index contributed by atoms with van der Waals surface area (Å²) in [6, 6.07) is 2.86. The molecular formula is C14H16BrF3N2O2. The standard InChI is InChI=1S/C14H16BrF3N2O2/c1-8-4-5-19-20-13(8)9-2-3-10(11(15)12(9)16)22-7-14(17,18)6-21/h2-3,8,19,21H,4-7H2,1H3. The van der Waals surface area contributed by atoms with E-state index in [4.69, 9.17) is 9.84 Å². The van der Waals surface area contributed by atoms with Gasteiger partial charge in [0.2, 0.25) is 0 Å². The summed E-state index contributed by atoms with van der Waals surface area (Å²) in [4.78, 5) is 0. The molecule has 0 fully saturated rings. The summed E-state index contributed by atoms with van der Waals surface area (Å²) in [7, 11) is 0. The van der Waals surface area contributed by atoms with Crippen LogP contribution in [-0.2, 0) is 0 Å². The van der Waals surface area contributed by atoms with E-state index in [-0.39, 0.29) is 16.1 Å². The third kappa shape index (κ3) is 3.73. The molecule has 1 heterocycles. The zero-order chi connectivity index (χ0) is 16.3. The molecule has 1 aliphatic rings. The zero-order valence-electron chi connectivity index (χ0n) is 11.9. The van der Waals surface area contributed by atoms with E-state index in [1.165, 1.54) is 12.1 Å². The van der Waals surface area contributed by atoms with E-state index < -0.39 is 25.0 Å². The molecule has 4 nitrogen and oxygen atoms in total. The van der Waals surface area contributed by atoms with Crippen LogP contribution in [-0.4, -0.2) is 36.5 Å². The molecule has 0 amide bonds. The van der Waals surface area contributed by atoms with Crippen LogP contribution >= 0.6 is 15.9 Å². The van der Waals surface area contributed by atoms with Gasteiger partial charge in [-0.15, -0.1) is 0 Å². The third-order valence-electron chi connectivity index (χ3n) is 3.35. The Labute approximate surface area is 134 Å². The molecule has 0 bridgehead atoms. The van der Waals surface area contributed by atoms with Gasteiger partial charge in [-0.25, -0.2) is 13.2 Å². The fourth-order valence-electron chi connectivity index (χ4n) is 2.06. The normalized spacial score (nSPS) is 18.6. The van der Waals surface area contributed by atoms with Gasteiger partial charge in [-0.2, -0.15) is 5.10 Å². The van der Waals surface area contributed by atoms with Gasteiger partial charge in [-0.1, -0.05) is 6.92 Å². The Balaban J connectivity index is 2.24. The number of ether oxygens (including phenoxy) is 1. The number of aliphatic hydroxyl groups is 1. The Morgan fingerprint density at radius 1 is 1.50 bits per heavy atom. The second-order valence-electron chi connectivity index (χ2n) is 5.14. The Bertz CT molecular complexity index is 581. The van der Waals surface area contributed by atoms with E-state index in [0.29, 0.717) is 11.3 Å². The maximum absolute atomic E-state index is 14.4. The number of hydrazone groups is 1. The van der Waals surface area contributed by atoms with Gasteiger partial charge in [-0.05, 0) is 34.5 Å². The van der Waals surface area contributed by atoms with Crippen LogP contribution in [0.15, 0.2) is 21.7 Å². The second kappa shape index (κ2) is 6.87. The molecule has 0 aliphatic carbocycles. The molecule has 0 saturated carbocycles. The molecule has 2 rings (SSSR count).